The summed E-state index contributed by atoms with van der Waals surface area (Å²) in [5.41, 5.74) is -0.421. The van der Waals surface area contributed by atoms with Gasteiger partial charge < -0.3 is 20.7 Å². The Morgan fingerprint density at radius 3 is 2.41 bits per heavy atom. The maximum atomic E-state index is 13.1. The number of rotatable bonds is 9. The van der Waals surface area contributed by atoms with Crippen LogP contribution in [0, 0.1) is 5.92 Å². The molecule has 0 fully saturated rings. The molecule has 0 bridgehead atoms. The highest BCUT2D eigenvalue weighted by atomic mass is 16.4. The maximum Gasteiger partial charge on any atom is 0.475 e. The summed E-state index contributed by atoms with van der Waals surface area (Å²) in [6.07, 6.45) is 4.75. The van der Waals surface area contributed by atoms with Gasteiger partial charge in [0.05, 0.1) is 12.1 Å². The normalized spacial score (nSPS) is 14.0. The largest absolute Gasteiger partial charge is 0.475 e. The van der Waals surface area contributed by atoms with Gasteiger partial charge >= 0.3 is 7.12 Å². The summed E-state index contributed by atoms with van der Waals surface area (Å²) in [5.74, 6) is -1.78. The lowest BCUT2D eigenvalue weighted by atomic mass is 9.74. The number of hydrogen-bond donors (Lipinski definition) is 4. The van der Waals surface area contributed by atoms with Crippen molar-refractivity contribution in [1.29, 1.82) is 0 Å². The molecule has 2 atom stereocenters. The molecule has 4 N–H and O–H groups in total. The number of carbonyl (C=O) groups excluding carboxylic acids is 2. The molecule has 8 nitrogen and oxygen atoms in total. The molecule has 2 rings (SSSR count). The summed E-state index contributed by atoms with van der Waals surface area (Å²) in [6.45, 7) is 5.43. The van der Waals surface area contributed by atoms with Gasteiger partial charge in [0.2, 0.25) is 5.91 Å². The zero-order valence-corrected chi connectivity index (χ0v) is 16.9. The zero-order valence-electron chi connectivity index (χ0n) is 16.9. The number of aromatic nitrogens is 2. The average Bonchev–Trinajstić information content (AvgIpc) is 2.68. The van der Waals surface area contributed by atoms with Crippen LogP contribution in [0.2, 0.25) is 0 Å². The van der Waals surface area contributed by atoms with E-state index in [1.54, 1.807) is 6.92 Å². The van der Waals surface area contributed by atoms with Gasteiger partial charge in [0.15, 0.2) is 0 Å². The van der Waals surface area contributed by atoms with Gasteiger partial charge in [-0.1, -0.05) is 44.2 Å². The van der Waals surface area contributed by atoms with Crippen LogP contribution in [0.25, 0.3) is 0 Å². The first kappa shape index (κ1) is 22.5. The molecule has 2 aromatic rings. The smallest absolute Gasteiger partial charge is 0.426 e. The summed E-state index contributed by atoms with van der Waals surface area (Å²) in [5, 5.41) is 24.7. The van der Waals surface area contributed by atoms with Crippen LogP contribution in [0.3, 0.4) is 0 Å². The van der Waals surface area contributed by atoms with Gasteiger partial charge in [0.25, 0.3) is 5.91 Å². The molecule has 0 aliphatic carbocycles. The first-order valence-electron chi connectivity index (χ1n) is 9.51. The Morgan fingerprint density at radius 2 is 1.86 bits per heavy atom. The highest BCUT2D eigenvalue weighted by Gasteiger charge is 2.38. The highest BCUT2D eigenvalue weighted by Crippen LogP contribution is 2.16. The van der Waals surface area contributed by atoms with Crippen LogP contribution in [-0.4, -0.2) is 50.4 Å². The monoisotopic (exact) mass is 398 g/mol. The van der Waals surface area contributed by atoms with E-state index in [0.29, 0.717) is 6.42 Å². The highest BCUT2D eigenvalue weighted by molar-refractivity contribution is 6.43. The lowest BCUT2D eigenvalue weighted by molar-refractivity contribution is -0.127. The lowest BCUT2D eigenvalue weighted by Crippen LogP contribution is -2.62. The summed E-state index contributed by atoms with van der Waals surface area (Å²) < 4.78 is 0. The third-order valence-electron chi connectivity index (χ3n) is 4.49. The quantitative estimate of drug-likeness (QED) is 0.462. The van der Waals surface area contributed by atoms with Crippen molar-refractivity contribution >= 4 is 18.9 Å². The fourth-order valence-electron chi connectivity index (χ4n) is 3.01. The topological polar surface area (TPSA) is 124 Å². The van der Waals surface area contributed by atoms with Crippen molar-refractivity contribution in [3.8, 4) is 0 Å². The van der Waals surface area contributed by atoms with E-state index in [9.17, 15) is 19.6 Å². The first-order valence-corrected chi connectivity index (χ1v) is 9.51. The van der Waals surface area contributed by atoms with Crippen LogP contribution in [0.1, 0.15) is 43.2 Å². The molecule has 1 unspecified atom stereocenters. The lowest BCUT2D eigenvalue weighted by Gasteiger charge is -2.32. The van der Waals surface area contributed by atoms with Crippen molar-refractivity contribution in [1.82, 2.24) is 20.6 Å². The fraction of sp³-hybridized carbons (Fsp3) is 0.400. The Bertz CT molecular complexity index is 805. The van der Waals surface area contributed by atoms with Crippen molar-refractivity contribution in [2.45, 2.75) is 45.1 Å². The number of nitrogens with zero attached hydrogens (tertiary/aromatic N) is 2. The van der Waals surface area contributed by atoms with Gasteiger partial charge in [-0.2, -0.15) is 0 Å². The molecule has 1 heterocycles. The Balaban J connectivity index is 2.27. The second-order valence-electron chi connectivity index (χ2n) is 7.66. The number of nitrogens with one attached hydrogen (secondary N) is 2. The fourth-order valence-corrected chi connectivity index (χ4v) is 3.01. The Hall–Kier alpha value is -2.78. The van der Waals surface area contributed by atoms with E-state index in [-0.39, 0.29) is 18.0 Å². The number of hydrogen-bond acceptors (Lipinski definition) is 6. The molecule has 0 aliphatic rings. The average molecular weight is 398 g/mol. The summed E-state index contributed by atoms with van der Waals surface area (Å²) in [6, 6.07) is 9.26. The van der Waals surface area contributed by atoms with E-state index < -0.39 is 30.4 Å². The summed E-state index contributed by atoms with van der Waals surface area (Å²) in [7, 11) is -1.71. The number of benzene rings is 1. The van der Waals surface area contributed by atoms with Crippen molar-refractivity contribution < 1.29 is 19.6 Å². The van der Waals surface area contributed by atoms with Crippen molar-refractivity contribution in [3.05, 3.63) is 60.2 Å². The standard InChI is InChI=1S/C20H27BN4O4/c1-14(2)11-17(21(28)29)24-19(27)20(3,12-15-7-5-4-6-8-15)25-18(26)16-13-22-9-10-23-16/h4-10,13-14,17,28-29H,11-12H2,1-3H3,(H,24,27)(H,25,26)/t17?,20-/m0/s1. The van der Waals surface area contributed by atoms with Crippen LogP contribution in [0.5, 0.6) is 0 Å². The van der Waals surface area contributed by atoms with Gasteiger partial charge in [-0.05, 0) is 24.8 Å². The zero-order chi connectivity index (χ0) is 21.4. The van der Waals surface area contributed by atoms with Crippen LogP contribution in [0.4, 0.5) is 0 Å². The SMILES string of the molecule is CC(C)CC(NC(=O)[C@](C)(Cc1ccccc1)NC(=O)c1cnccn1)B(O)O. The molecular weight excluding hydrogens is 371 g/mol. The molecule has 0 saturated heterocycles. The third kappa shape index (κ3) is 6.65. The van der Waals surface area contributed by atoms with E-state index in [1.807, 2.05) is 44.2 Å². The Morgan fingerprint density at radius 1 is 1.17 bits per heavy atom. The van der Waals surface area contributed by atoms with Gasteiger partial charge in [-0.25, -0.2) is 4.98 Å². The van der Waals surface area contributed by atoms with Crippen molar-refractivity contribution in [2.24, 2.45) is 5.92 Å². The summed E-state index contributed by atoms with van der Waals surface area (Å²) in [4.78, 5) is 33.7. The second kappa shape index (κ2) is 10.1. The molecular formula is C20H27BN4O4. The maximum absolute atomic E-state index is 13.1. The number of amides is 2. The molecule has 2 amide bonds. The van der Waals surface area contributed by atoms with Crippen molar-refractivity contribution in [2.75, 3.05) is 0 Å². The molecule has 0 saturated carbocycles. The Labute approximate surface area is 170 Å². The van der Waals surface area contributed by atoms with Gasteiger partial charge in [-0.3, -0.25) is 14.6 Å². The molecule has 29 heavy (non-hydrogen) atoms. The van der Waals surface area contributed by atoms with Crippen LogP contribution in [0.15, 0.2) is 48.9 Å². The molecule has 0 spiro atoms. The minimum absolute atomic E-state index is 0.0838. The molecule has 154 valence electrons. The summed E-state index contributed by atoms with van der Waals surface area (Å²) >= 11 is 0. The van der Waals surface area contributed by atoms with Crippen LogP contribution >= 0.6 is 0 Å². The van der Waals surface area contributed by atoms with Crippen LogP contribution in [-0.2, 0) is 11.2 Å². The predicted octanol–water partition coefficient (Wildman–Crippen LogP) is 0.751. The first-order chi connectivity index (χ1) is 13.7. The molecule has 9 heteroatoms. The third-order valence-corrected chi connectivity index (χ3v) is 4.49. The Kier molecular flexibility index (Phi) is 7.87. The van der Waals surface area contributed by atoms with Gasteiger partial charge in [0.1, 0.15) is 11.2 Å². The molecule has 0 radical (unpaired) electrons. The molecule has 0 aliphatic heterocycles. The van der Waals surface area contributed by atoms with Gasteiger partial charge in [-0.15, -0.1) is 0 Å². The molecule has 1 aromatic heterocycles. The second-order valence-corrected chi connectivity index (χ2v) is 7.66. The van der Waals surface area contributed by atoms with Gasteiger partial charge in [0, 0.05) is 18.8 Å². The minimum Gasteiger partial charge on any atom is -0.426 e. The minimum atomic E-state index is -1.71. The van der Waals surface area contributed by atoms with Crippen molar-refractivity contribution in [3.63, 3.8) is 0 Å². The van der Waals surface area contributed by atoms with E-state index >= 15 is 0 Å². The number of carbonyl (C=O) groups is 2. The van der Waals surface area contributed by atoms with Crippen LogP contribution < -0.4 is 10.6 Å². The van der Waals surface area contributed by atoms with E-state index in [2.05, 4.69) is 20.6 Å². The van der Waals surface area contributed by atoms with E-state index in [0.717, 1.165) is 5.56 Å². The van der Waals surface area contributed by atoms with E-state index in [4.69, 9.17) is 0 Å². The van der Waals surface area contributed by atoms with E-state index in [1.165, 1.54) is 18.6 Å². The molecule has 1 aromatic carbocycles. The predicted molar refractivity (Wildman–Crippen MR) is 110 cm³/mol.